The van der Waals surface area contributed by atoms with Gasteiger partial charge in [-0.25, -0.2) is 0 Å². The Kier molecular flexibility index (Phi) is 6.67. The number of halogens is 1. The molecular weight excluding hydrogens is 420 g/mol. The van der Waals surface area contributed by atoms with Crippen molar-refractivity contribution in [1.29, 1.82) is 0 Å². The smallest absolute Gasteiger partial charge is 0.0919 e. The number of rotatable bonds is 6. The zero-order chi connectivity index (χ0) is 19.3. The highest BCUT2D eigenvalue weighted by atomic mass is 79.9. The van der Waals surface area contributed by atoms with Crippen LogP contribution in [0.5, 0.6) is 0 Å². The van der Waals surface area contributed by atoms with E-state index in [0.29, 0.717) is 6.54 Å². The topological polar surface area (TPSA) is 45.2 Å². The van der Waals surface area contributed by atoms with Crippen LogP contribution >= 0.6 is 27.5 Å². The summed E-state index contributed by atoms with van der Waals surface area (Å²) >= 11 is 4.99. The molecule has 1 aromatic heterocycles. The van der Waals surface area contributed by atoms with Gasteiger partial charge in [-0.15, -0.1) is 0 Å². The number of hydrogen-bond donors (Lipinski definition) is 2. The summed E-state index contributed by atoms with van der Waals surface area (Å²) in [5.41, 5.74) is 3.09. The van der Waals surface area contributed by atoms with E-state index in [1.807, 2.05) is 12.1 Å². The van der Waals surface area contributed by atoms with Crippen molar-refractivity contribution >= 4 is 37.5 Å². The molecule has 5 heteroatoms. The van der Waals surface area contributed by atoms with E-state index >= 15 is 0 Å². The zero-order valence-electron chi connectivity index (χ0n) is 15.6. The summed E-state index contributed by atoms with van der Waals surface area (Å²) in [6.45, 7) is 5.96. The highest BCUT2D eigenvalue weighted by Crippen LogP contribution is 2.32. The fourth-order valence-corrected chi connectivity index (χ4v) is 3.84. The average molecular weight is 443 g/mol. The van der Waals surface area contributed by atoms with Gasteiger partial charge in [0.1, 0.15) is 0 Å². The predicted molar refractivity (Wildman–Crippen MR) is 118 cm³/mol. The molecule has 0 unspecified atom stereocenters. The van der Waals surface area contributed by atoms with Gasteiger partial charge in [-0.3, -0.25) is 0 Å². The Morgan fingerprint density at radius 1 is 1.15 bits per heavy atom. The van der Waals surface area contributed by atoms with Crippen LogP contribution in [0.3, 0.4) is 0 Å². The molecule has 3 nitrogen and oxygen atoms in total. The maximum atomic E-state index is 8.82. The van der Waals surface area contributed by atoms with E-state index in [-0.39, 0.29) is 12.0 Å². The van der Waals surface area contributed by atoms with Gasteiger partial charge in [-0.2, -0.15) is 4.37 Å². The van der Waals surface area contributed by atoms with Crippen molar-refractivity contribution in [3.63, 3.8) is 0 Å². The molecule has 3 aromatic rings. The zero-order valence-corrected chi connectivity index (χ0v) is 18.0. The Balaban J connectivity index is 1.77. The van der Waals surface area contributed by atoms with Crippen LogP contribution < -0.4 is 5.32 Å². The molecule has 3 rings (SSSR count). The van der Waals surface area contributed by atoms with Crippen molar-refractivity contribution in [3.8, 4) is 23.1 Å². The van der Waals surface area contributed by atoms with Crippen molar-refractivity contribution in [3.05, 3.63) is 52.5 Å². The molecule has 0 spiro atoms. The molecule has 0 saturated carbocycles. The lowest BCUT2D eigenvalue weighted by Gasteiger charge is -2.17. The second kappa shape index (κ2) is 8.99. The quantitative estimate of drug-likeness (QED) is 0.413. The lowest BCUT2D eigenvalue weighted by molar-refractivity contribution is 0.289. The summed E-state index contributed by atoms with van der Waals surface area (Å²) in [6, 6.07) is 14.6. The third-order valence-corrected chi connectivity index (χ3v) is 5.69. The van der Waals surface area contributed by atoms with Crippen LogP contribution in [0.15, 0.2) is 46.9 Å². The Morgan fingerprint density at radius 3 is 2.67 bits per heavy atom. The number of nitrogens with zero attached hydrogens (tertiary/aromatic N) is 1. The molecule has 27 heavy (non-hydrogen) atoms. The number of hydrogen-bond acceptors (Lipinski definition) is 4. The Labute approximate surface area is 173 Å². The molecule has 0 atom stereocenters. The number of aliphatic hydroxyl groups excluding tert-OH is 1. The maximum absolute atomic E-state index is 8.82. The standard InChI is InChI=1S/C22H23BrN2OS/c1-22(2,11-12-24-13-14-26)10-9-16-3-8-19-20(15-16)27-25-21(19)17-4-6-18(23)7-5-17/h3-8,15,24,26H,11-14H2,1-2H3. The van der Waals surface area contributed by atoms with Gasteiger partial charge in [0.15, 0.2) is 0 Å². The highest BCUT2D eigenvalue weighted by molar-refractivity contribution is 9.10. The monoisotopic (exact) mass is 442 g/mol. The Hall–Kier alpha value is -1.71. The molecule has 0 aliphatic heterocycles. The molecule has 0 fully saturated rings. The van der Waals surface area contributed by atoms with Crippen LogP contribution in [0.1, 0.15) is 25.8 Å². The number of aromatic nitrogens is 1. The first-order valence-corrected chi connectivity index (χ1v) is 10.6. The highest BCUT2D eigenvalue weighted by Gasteiger charge is 2.14. The Bertz CT molecular complexity index is 967. The molecule has 140 valence electrons. The molecule has 0 bridgehead atoms. The third-order valence-electron chi connectivity index (χ3n) is 4.35. The van der Waals surface area contributed by atoms with E-state index in [9.17, 15) is 0 Å². The first-order chi connectivity index (χ1) is 13.0. The minimum absolute atomic E-state index is 0.0757. The number of aliphatic hydroxyl groups is 1. The summed E-state index contributed by atoms with van der Waals surface area (Å²) in [5.74, 6) is 6.71. The lowest BCUT2D eigenvalue weighted by atomic mass is 9.90. The molecule has 0 radical (unpaired) electrons. The summed E-state index contributed by atoms with van der Waals surface area (Å²) in [7, 11) is 0. The van der Waals surface area contributed by atoms with Gasteiger partial charge < -0.3 is 10.4 Å². The second-order valence-corrected chi connectivity index (χ2v) is 8.83. The molecule has 1 heterocycles. The first-order valence-electron chi connectivity index (χ1n) is 8.99. The van der Waals surface area contributed by atoms with Gasteiger partial charge in [0.25, 0.3) is 0 Å². The van der Waals surface area contributed by atoms with Crippen LogP contribution in [0, 0.1) is 17.3 Å². The Morgan fingerprint density at radius 2 is 1.93 bits per heavy atom. The minimum atomic E-state index is -0.0757. The molecule has 2 aromatic carbocycles. The van der Waals surface area contributed by atoms with E-state index in [1.165, 1.54) is 16.9 Å². The largest absolute Gasteiger partial charge is 0.395 e. The average Bonchev–Trinajstić information content (AvgIpc) is 3.08. The second-order valence-electron chi connectivity index (χ2n) is 7.11. The van der Waals surface area contributed by atoms with Crippen LogP contribution in [0.4, 0.5) is 0 Å². The van der Waals surface area contributed by atoms with Gasteiger partial charge in [0.05, 0.1) is 17.0 Å². The van der Waals surface area contributed by atoms with Crippen LogP contribution in [-0.4, -0.2) is 29.2 Å². The van der Waals surface area contributed by atoms with Crippen molar-refractivity contribution in [2.45, 2.75) is 20.3 Å². The van der Waals surface area contributed by atoms with Crippen LogP contribution in [0.25, 0.3) is 21.3 Å². The van der Waals surface area contributed by atoms with Gasteiger partial charge >= 0.3 is 0 Å². The SMILES string of the molecule is CC(C)(C#Cc1ccc2c(-c3ccc(Br)cc3)nsc2c1)CCNCCO. The molecule has 0 saturated heterocycles. The van der Waals surface area contributed by atoms with E-state index in [1.54, 1.807) is 0 Å². The first kappa shape index (κ1) is 20.0. The summed E-state index contributed by atoms with van der Waals surface area (Å²) in [5, 5.41) is 13.2. The summed E-state index contributed by atoms with van der Waals surface area (Å²) < 4.78 is 6.87. The molecule has 0 amide bonds. The number of benzene rings is 2. The van der Waals surface area contributed by atoms with Crippen molar-refractivity contribution < 1.29 is 5.11 Å². The van der Waals surface area contributed by atoms with E-state index in [0.717, 1.165) is 39.0 Å². The van der Waals surface area contributed by atoms with Crippen molar-refractivity contribution in [2.24, 2.45) is 5.41 Å². The van der Waals surface area contributed by atoms with E-state index < -0.39 is 0 Å². The van der Waals surface area contributed by atoms with E-state index in [4.69, 9.17) is 5.11 Å². The van der Waals surface area contributed by atoms with Crippen molar-refractivity contribution in [2.75, 3.05) is 19.7 Å². The normalized spacial score (nSPS) is 11.4. The lowest BCUT2D eigenvalue weighted by Crippen LogP contribution is -2.24. The third kappa shape index (κ3) is 5.40. The minimum Gasteiger partial charge on any atom is -0.395 e. The summed E-state index contributed by atoms with van der Waals surface area (Å²) in [4.78, 5) is 0. The molecule has 0 aliphatic rings. The van der Waals surface area contributed by atoms with Gasteiger partial charge in [0.2, 0.25) is 0 Å². The summed E-state index contributed by atoms with van der Waals surface area (Å²) in [6.07, 6.45) is 0.941. The van der Waals surface area contributed by atoms with Gasteiger partial charge in [0, 0.05) is 32.9 Å². The van der Waals surface area contributed by atoms with Gasteiger partial charge in [-0.05, 0) is 62.6 Å². The predicted octanol–water partition coefficient (Wildman–Crippen LogP) is 5.08. The molecular formula is C22H23BrN2OS. The van der Waals surface area contributed by atoms with E-state index in [2.05, 4.69) is 81.6 Å². The number of fused-ring (bicyclic) bond motifs is 1. The van der Waals surface area contributed by atoms with Crippen LogP contribution in [0.2, 0.25) is 0 Å². The molecule has 2 N–H and O–H groups in total. The fraction of sp³-hybridized carbons (Fsp3) is 0.318. The van der Waals surface area contributed by atoms with Gasteiger partial charge in [-0.1, -0.05) is 46.0 Å². The number of nitrogens with one attached hydrogen (secondary N) is 1. The maximum Gasteiger partial charge on any atom is 0.0919 e. The molecule has 0 aliphatic carbocycles. The van der Waals surface area contributed by atoms with Crippen LogP contribution in [-0.2, 0) is 0 Å². The van der Waals surface area contributed by atoms with Crippen molar-refractivity contribution in [1.82, 2.24) is 9.69 Å². The fourth-order valence-electron chi connectivity index (χ4n) is 2.74.